The third-order valence-electron chi connectivity index (χ3n) is 4.92. The van der Waals surface area contributed by atoms with Gasteiger partial charge < -0.3 is 19.4 Å². The van der Waals surface area contributed by atoms with Crippen LogP contribution in [0, 0.1) is 0 Å². The zero-order chi connectivity index (χ0) is 22.9. The summed E-state index contributed by atoms with van der Waals surface area (Å²) in [6.07, 6.45) is 2.54. The Morgan fingerprint density at radius 2 is 1.90 bits per heavy atom. The Morgan fingerprint density at radius 3 is 2.45 bits per heavy atom. The van der Waals surface area contributed by atoms with Crippen molar-refractivity contribution in [1.29, 1.82) is 0 Å². The third-order valence-corrected chi connectivity index (χ3v) is 5.60. The number of fused-ring (bicyclic) bond motifs is 1. The van der Waals surface area contributed by atoms with E-state index in [4.69, 9.17) is 9.47 Å². The average molecular weight is 451 g/mol. The molecule has 1 amide bonds. The first kappa shape index (κ1) is 23.2. The molecule has 1 saturated heterocycles. The van der Waals surface area contributed by atoms with Crippen molar-refractivity contribution in [3.63, 3.8) is 0 Å². The number of aromatic nitrogens is 3. The second-order valence-electron chi connectivity index (χ2n) is 8.90. The van der Waals surface area contributed by atoms with Crippen LogP contribution in [-0.4, -0.2) is 62.6 Å². The molecule has 2 aromatic heterocycles. The molecule has 31 heavy (non-hydrogen) atoms. The van der Waals surface area contributed by atoms with E-state index >= 15 is 0 Å². The Bertz CT molecular complexity index is 1030. The van der Waals surface area contributed by atoms with Gasteiger partial charge in [0.2, 0.25) is 0 Å². The van der Waals surface area contributed by atoms with Crippen molar-refractivity contribution < 1.29 is 19.1 Å². The maximum absolute atomic E-state index is 12.7. The van der Waals surface area contributed by atoms with Crippen molar-refractivity contribution in [1.82, 2.24) is 19.5 Å². The molecular weight excluding hydrogens is 420 g/mol. The SMILES string of the molecule is CSc1nn2c(C3CCN(C(=O)OC(C)(C)C)CC3)cc(=O)[nH]c2c1C(=O)OC(C)C. The fraction of sp³-hybridized carbons (Fsp3) is 0.619. The van der Waals surface area contributed by atoms with Crippen LogP contribution >= 0.6 is 11.8 Å². The number of nitrogens with zero attached hydrogens (tertiary/aromatic N) is 3. The lowest BCUT2D eigenvalue weighted by molar-refractivity contribution is 0.0203. The molecule has 9 nitrogen and oxygen atoms in total. The Balaban J connectivity index is 1.90. The third kappa shape index (κ3) is 5.23. The van der Waals surface area contributed by atoms with Crippen LogP contribution in [0.2, 0.25) is 0 Å². The maximum atomic E-state index is 12.7. The summed E-state index contributed by atoms with van der Waals surface area (Å²) in [5, 5.41) is 5.08. The van der Waals surface area contributed by atoms with Gasteiger partial charge in [-0.1, -0.05) is 0 Å². The molecule has 10 heteroatoms. The van der Waals surface area contributed by atoms with Crippen molar-refractivity contribution in [2.24, 2.45) is 0 Å². The van der Waals surface area contributed by atoms with Crippen LogP contribution in [0.25, 0.3) is 5.65 Å². The number of hydrogen-bond acceptors (Lipinski definition) is 7. The van der Waals surface area contributed by atoms with Gasteiger partial charge in [0, 0.05) is 25.1 Å². The van der Waals surface area contributed by atoms with Gasteiger partial charge in [0.1, 0.15) is 16.2 Å². The van der Waals surface area contributed by atoms with E-state index in [1.807, 2.05) is 27.0 Å². The standard InChI is InChI=1S/C21H30N4O5S/c1-12(2)29-19(27)16-17-22-15(26)11-14(25(17)23-18(16)31-6)13-7-9-24(10-8-13)20(28)30-21(3,4)5/h11-13H,7-10H2,1-6H3,(H,22,26). The number of amides is 1. The van der Waals surface area contributed by atoms with E-state index in [0.717, 1.165) is 5.69 Å². The van der Waals surface area contributed by atoms with Gasteiger partial charge in [-0.15, -0.1) is 11.8 Å². The summed E-state index contributed by atoms with van der Waals surface area (Å²) in [4.78, 5) is 41.9. The molecule has 170 valence electrons. The topological polar surface area (TPSA) is 106 Å². The first-order chi connectivity index (χ1) is 14.5. The fourth-order valence-electron chi connectivity index (χ4n) is 3.62. The van der Waals surface area contributed by atoms with Gasteiger partial charge in [0.05, 0.1) is 11.8 Å². The molecule has 1 N–H and O–H groups in total. The highest BCUT2D eigenvalue weighted by Gasteiger charge is 2.30. The summed E-state index contributed by atoms with van der Waals surface area (Å²) < 4.78 is 12.5. The molecule has 3 heterocycles. The molecule has 0 radical (unpaired) electrons. The lowest BCUT2D eigenvalue weighted by Gasteiger charge is -2.33. The molecule has 0 saturated carbocycles. The molecule has 2 aromatic rings. The highest BCUT2D eigenvalue weighted by atomic mass is 32.2. The quantitative estimate of drug-likeness (QED) is 0.562. The summed E-state index contributed by atoms with van der Waals surface area (Å²) in [6.45, 7) is 10.1. The maximum Gasteiger partial charge on any atom is 0.410 e. The number of rotatable bonds is 4. The number of hydrogen-bond donors (Lipinski definition) is 1. The lowest BCUT2D eigenvalue weighted by Crippen LogP contribution is -2.41. The van der Waals surface area contributed by atoms with Crippen LogP contribution in [-0.2, 0) is 9.47 Å². The number of thioether (sulfide) groups is 1. The Hall–Kier alpha value is -2.49. The summed E-state index contributed by atoms with van der Waals surface area (Å²) in [7, 11) is 0. The number of ether oxygens (including phenoxy) is 2. The van der Waals surface area contributed by atoms with Gasteiger partial charge in [0.25, 0.3) is 5.56 Å². The molecule has 0 spiro atoms. The number of nitrogens with one attached hydrogen (secondary N) is 1. The second-order valence-corrected chi connectivity index (χ2v) is 9.69. The minimum Gasteiger partial charge on any atom is -0.459 e. The fourth-order valence-corrected chi connectivity index (χ4v) is 4.17. The van der Waals surface area contributed by atoms with E-state index in [1.54, 1.807) is 23.3 Å². The van der Waals surface area contributed by atoms with Crippen molar-refractivity contribution in [2.45, 2.75) is 70.1 Å². The Morgan fingerprint density at radius 1 is 1.26 bits per heavy atom. The van der Waals surface area contributed by atoms with E-state index in [-0.39, 0.29) is 29.2 Å². The van der Waals surface area contributed by atoms with E-state index in [1.165, 1.54) is 17.8 Å². The Labute approximate surface area is 185 Å². The molecule has 3 rings (SSSR count). The van der Waals surface area contributed by atoms with Crippen LogP contribution in [0.15, 0.2) is 15.9 Å². The molecule has 0 aliphatic carbocycles. The zero-order valence-electron chi connectivity index (χ0n) is 18.9. The van der Waals surface area contributed by atoms with Gasteiger partial charge in [0.15, 0.2) is 5.65 Å². The van der Waals surface area contributed by atoms with Gasteiger partial charge in [-0.3, -0.25) is 4.79 Å². The lowest BCUT2D eigenvalue weighted by atomic mass is 9.93. The molecule has 1 aliphatic heterocycles. The number of carbonyl (C=O) groups excluding carboxylic acids is 2. The number of carbonyl (C=O) groups is 2. The van der Waals surface area contributed by atoms with E-state index < -0.39 is 11.6 Å². The highest BCUT2D eigenvalue weighted by molar-refractivity contribution is 7.98. The van der Waals surface area contributed by atoms with Crippen molar-refractivity contribution >= 4 is 29.5 Å². The minimum atomic E-state index is -0.545. The highest BCUT2D eigenvalue weighted by Crippen LogP contribution is 2.31. The zero-order valence-corrected chi connectivity index (χ0v) is 19.7. The largest absolute Gasteiger partial charge is 0.459 e. The molecule has 0 atom stereocenters. The monoisotopic (exact) mass is 450 g/mol. The Kier molecular flexibility index (Phi) is 6.68. The van der Waals surface area contributed by atoms with Gasteiger partial charge >= 0.3 is 12.1 Å². The molecule has 0 bridgehead atoms. The number of H-pyrrole nitrogens is 1. The van der Waals surface area contributed by atoms with Crippen molar-refractivity contribution in [2.75, 3.05) is 19.3 Å². The van der Waals surface area contributed by atoms with Gasteiger partial charge in [-0.2, -0.15) is 5.10 Å². The van der Waals surface area contributed by atoms with E-state index in [2.05, 4.69) is 10.1 Å². The summed E-state index contributed by atoms with van der Waals surface area (Å²) >= 11 is 1.32. The smallest absolute Gasteiger partial charge is 0.410 e. The van der Waals surface area contributed by atoms with Crippen LogP contribution in [0.4, 0.5) is 4.79 Å². The molecular formula is C21H30N4O5S. The minimum absolute atomic E-state index is 0.0204. The normalized spacial score (nSPS) is 15.5. The average Bonchev–Trinajstić information content (AvgIpc) is 3.04. The summed E-state index contributed by atoms with van der Waals surface area (Å²) in [6, 6.07) is 1.52. The molecule has 0 unspecified atom stereocenters. The van der Waals surface area contributed by atoms with Crippen molar-refractivity contribution in [3.8, 4) is 0 Å². The first-order valence-electron chi connectivity index (χ1n) is 10.4. The van der Waals surface area contributed by atoms with Gasteiger partial charge in [-0.25, -0.2) is 14.1 Å². The number of aromatic amines is 1. The number of likely N-dealkylation sites (tertiary alicyclic amines) is 1. The van der Waals surface area contributed by atoms with E-state index in [0.29, 0.717) is 36.6 Å². The second kappa shape index (κ2) is 8.94. The predicted molar refractivity (Wildman–Crippen MR) is 118 cm³/mol. The molecule has 0 aromatic carbocycles. The van der Waals surface area contributed by atoms with Crippen LogP contribution in [0.1, 0.15) is 69.4 Å². The molecule has 1 fully saturated rings. The van der Waals surface area contributed by atoms with Crippen LogP contribution in [0.5, 0.6) is 0 Å². The van der Waals surface area contributed by atoms with Crippen molar-refractivity contribution in [3.05, 3.63) is 27.7 Å². The van der Waals surface area contributed by atoms with Crippen LogP contribution in [0.3, 0.4) is 0 Å². The summed E-state index contributed by atoms with van der Waals surface area (Å²) in [5.74, 6) is -0.492. The first-order valence-corrected chi connectivity index (χ1v) is 11.6. The van der Waals surface area contributed by atoms with Crippen LogP contribution < -0.4 is 5.56 Å². The number of esters is 1. The number of piperidine rings is 1. The molecule has 1 aliphatic rings. The summed E-state index contributed by atoms with van der Waals surface area (Å²) in [5.41, 5.74) is 0.486. The van der Waals surface area contributed by atoms with Gasteiger partial charge in [-0.05, 0) is 53.7 Å². The van der Waals surface area contributed by atoms with E-state index in [9.17, 15) is 14.4 Å². The predicted octanol–water partition coefficient (Wildman–Crippen LogP) is 3.42.